The van der Waals surface area contributed by atoms with Gasteiger partial charge in [0.2, 0.25) is 0 Å². The maximum atomic E-state index is 2.23. The first-order valence-corrected chi connectivity index (χ1v) is 8.14. The van der Waals surface area contributed by atoms with Crippen molar-refractivity contribution in [1.82, 2.24) is 0 Å². The molecule has 0 spiro atoms. The molecule has 0 heterocycles. The van der Waals surface area contributed by atoms with Gasteiger partial charge in [-0.1, -0.05) is 109 Å². The van der Waals surface area contributed by atoms with Gasteiger partial charge in [-0.25, -0.2) is 0 Å². The number of hydrogen-bond acceptors (Lipinski definition) is 0. The minimum absolute atomic E-state index is 0. The molecular weight excluding hydrogens is 276 g/mol. The predicted molar refractivity (Wildman–Crippen MR) is 106 cm³/mol. The fraction of sp³-hybridized carbons (Fsp3) is 0.478. The third kappa shape index (κ3) is 7.50. The van der Waals surface area contributed by atoms with Crippen LogP contribution in [0.25, 0.3) is 0 Å². The van der Waals surface area contributed by atoms with Crippen LogP contribution in [0.15, 0.2) is 48.5 Å². The molecule has 128 valence electrons. The van der Waals surface area contributed by atoms with Gasteiger partial charge in [0.1, 0.15) is 0 Å². The molecule has 0 aliphatic rings. The summed E-state index contributed by atoms with van der Waals surface area (Å²) in [7, 11) is 0. The summed E-state index contributed by atoms with van der Waals surface area (Å²) in [6.07, 6.45) is 0. The number of rotatable bonds is 0. The van der Waals surface area contributed by atoms with Gasteiger partial charge >= 0.3 is 0 Å². The number of hydrogen-bond donors (Lipinski definition) is 0. The van der Waals surface area contributed by atoms with E-state index in [-0.39, 0.29) is 18.3 Å². The summed E-state index contributed by atoms with van der Waals surface area (Å²) in [6.45, 7) is 17.6. The van der Waals surface area contributed by atoms with Crippen LogP contribution in [-0.2, 0) is 10.8 Å². The average Bonchev–Trinajstić information content (AvgIpc) is 2.38. The summed E-state index contributed by atoms with van der Waals surface area (Å²) < 4.78 is 0. The van der Waals surface area contributed by atoms with Crippen molar-refractivity contribution >= 4 is 0 Å². The van der Waals surface area contributed by atoms with E-state index in [1.165, 1.54) is 22.3 Å². The molecule has 0 amide bonds. The minimum Gasteiger partial charge on any atom is -0.0776 e. The molecule has 0 heteroatoms. The van der Waals surface area contributed by atoms with Crippen molar-refractivity contribution in [2.75, 3.05) is 0 Å². The molecule has 0 fully saturated rings. The number of benzene rings is 2. The van der Waals surface area contributed by atoms with Crippen molar-refractivity contribution in [3.8, 4) is 0 Å². The first kappa shape index (κ1) is 21.4. The van der Waals surface area contributed by atoms with Gasteiger partial charge in [-0.05, 0) is 35.8 Å². The molecule has 0 aliphatic carbocycles. The monoisotopic (exact) mass is 312 g/mol. The lowest BCUT2D eigenvalue weighted by Gasteiger charge is -2.18. The van der Waals surface area contributed by atoms with Crippen LogP contribution in [0.1, 0.15) is 71.2 Å². The Hall–Kier alpha value is -1.56. The highest BCUT2D eigenvalue weighted by atomic mass is 14.2. The molecule has 0 nitrogen and oxygen atoms in total. The van der Waals surface area contributed by atoms with Gasteiger partial charge in [0.05, 0.1) is 0 Å². The van der Waals surface area contributed by atoms with Gasteiger partial charge < -0.3 is 0 Å². The van der Waals surface area contributed by atoms with Gasteiger partial charge in [0.25, 0.3) is 0 Å². The summed E-state index contributed by atoms with van der Waals surface area (Å²) in [5.41, 5.74) is 6.05. The molecule has 0 bridgehead atoms. The second kappa shape index (κ2) is 8.34. The van der Waals surface area contributed by atoms with E-state index in [2.05, 4.69) is 104 Å². The zero-order valence-corrected chi connectivity index (χ0v) is 15.6. The molecule has 0 saturated heterocycles. The second-order valence-corrected chi connectivity index (χ2v) is 8.23. The summed E-state index contributed by atoms with van der Waals surface area (Å²) in [5, 5.41) is 0. The van der Waals surface area contributed by atoms with E-state index in [0.717, 1.165) is 0 Å². The SMILES string of the molecule is C.Cc1ccc(C(C)(C)C)cc1.Cc1ccc(C(C)(C)C)cc1. The van der Waals surface area contributed by atoms with Crippen LogP contribution in [0.5, 0.6) is 0 Å². The van der Waals surface area contributed by atoms with Crippen molar-refractivity contribution in [2.45, 2.75) is 73.6 Å². The molecule has 0 saturated carbocycles. The van der Waals surface area contributed by atoms with Gasteiger partial charge in [-0.15, -0.1) is 0 Å². The van der Waals surface area contributed by atoms with Crippen molar-refractivity contribution in [3.05, 3.63) is 70.8 Å². The highest BCUT2D eigenvalue weighted by Crippen LogP contribution is 2.22. The van der Waals surface area contributed by atoms with E-state index in [9.17, 15) is 0 Å². The lowest BCUT2D eigenvalue weighted by atomic mass is 9.87. The first-order chi connectivity index (χ1) is 10.00. The van der Waals surface area contributed by atoms with Crippen molar-refractivity contribution in [2.24, 2.45) is 0 Å². The van der Waals surface area contributed by atoms with Crippen LogP contribution in [-0.4, -0.2) is 0 Å². The zero-order chi connectivity index (χ0) is 17.0. The van der Waals surface area contributed by atoms with Gasteiger partial charge in [-0.3, -0.25) is 0 Å². The van der Waals surface area contributed by atoms with Crippen LogP contribution < -0.4 is 0 Å². The molecular formula is C23H36. The Labute approximate surface area is 145 Å². The lowest BCUT2D eigenvalue weighted by Crippen LogP contribution is -2.10. The molecule has 0 aliphatic heterocycles. The Balaban J connectivity index is 0.000000403. The van der Waals surface area contributed by atoms with E-state index >= 15 is 0 Å². The molecule has 0 unspecified atom stereocenters. The molecule has 23 heavy (non-hydrogen) atoms. The Bertz CT molecular complexity index is 502. The molecule has 2 aromatic carbocycles. The summed E-state index contributed by atoms with van der Waals surface area (Å²) in [5.74, 6) is 0. The largest absolute Gasteiger partial charge is 0.0776 e. The van der Waals surface area contributed by atoms with Crippen LogP contribution in [0.3, 0.4) is 0 Å². The lowest BCUT2D eigenvalue weighted by molar-refractivity contribution is 0.590. The van der Waals surface area contributed by atoms with Gasteiger partial charge in [0.15, 0.2) is 0 Å². The Morgan fingerprint density at radius 2 is 0.696 bits per heavy atom. The first-order valence-electron chi connectivity index (χ1n) is 8.14. The second-order valence-electron chi connectivity index (χ2n) is 8.23. The smallest absolute Gasteiger partial charge is 0.0132 e. The van der Waals surface area contributed by atoms with Crippen LogP contribution in [0.2, 0.25) is 0 Å². The fourth-order valence-electron chi connectivity index (χ4n) is 2.11. The van der Waals surface area contributed by atoms with E-state index in [4.69, 9.17) is 0 Å². The van der Waals surface area contributed by atoms with Crippen molar-refractivity contribution in [1.29, 1.82) is 0 Å². The average molecular weight is 313 g/mol. The summed E-state index contributed by atoms with van der Waals surface area (Å²) in [4.78, 5) is 0. The van der Waals surface area contributed by atoms with E-state index in [0.29, 0.717) is 0 Å². The van der Waals surface area contributed by atoms with Crippen LogP contribution in [0, 0.1) is 13.8 Å². The molecule has 0 radical (unpaired) electrons. The highest BCUT2D eigenvalue weighted by molar-refractivity contribution is 5.27. The third-order valence-corrected chi connectivity index (χ3v) is 3.84. The predicted octanol–water partition coefficient (Wildman–Crippen LogP) is 7.22. The van der Waals surface area contributed by atoms with E-state index in [1.807, 2.05) is 0 Å². The maximum absolute atomic E-state index is 2.23. The van der Waals surface area contributed by atoms with Crippen LogP contribution >= 0.6 is 0 Å². The molecule has 0 atom stereocenters. The Morgan fingerprint density at radius 3 is 0.870 bits per heavy atom. The maximum Gasteiger partial charge on any atom is -0.0132 e. The van der Waals surface area contributed by atoms with Gasteiger partial charge in [-0.2, -0.15) is 0 Å². The molecule has 2 rings (SSSR count). The van der Waals surface area contributed by atoms with E-state index < -0.39 is 0 Å². The Kier molecular flexibility index (Phi) is 7.77. The topological polar surface area (TPSA) is 0 Å². The fourth-order valence-corrected chi connectivity index (χ4v) is 2.11. The molecule has 0 aromatic heterocycles. The third-order valence-electron chi connectivity index (χ3n) is 3.84. The highest BCUT2D eigenvalue weighted by Gasteiger charge is 2.12. The van der Waals surface area contributed by atoms with Crippen LogP contribution in [0.4, 0.5) is 0 Å². The quantitative estimate of drug-likeness (QED) is 0.481. The molecule has 0 N–H and O–H groups in total. The van der Waals surface area contributed by atoms with Gasteiger partial charge in [0, 0.05) is 0 Å². The Morgan fingerprint density at radius 1 is 0.478 bits per heavy atom. The normalized spacial score (nSPS) is 11.1. The summed E-state index contributed by atoms with van der Waals surface area (Å²) in [6, 6.07) is 17.5. The van der Waals surface area contributed by atoms with Crippen molar-refractivity contribution in [3.63, 3.8) is 0 Å². The van der Waals surface area contributed by atoms with Crippen molar-refractivity contribution < 1.29 is 0 Å². The zero-order valence-electron chi connectivity index (χ0n) is 15.6. The standard InChI is InChI=1S/2C11H16.CH4/c2*1-9-5-7-10(8-6-9)11(2,3)4;/h2*5-8H,1-4H3;1H4. The molecule has 2 aromatic rings. The minimum atomic E-state index is 0. The summed E-state index contributed by atoms with van der Waals surface area (Å²) >= 11 is 0. The van der Waals surface area contributed by atoms with E-state index in [1.54, 1.807) is 0 Å². The number of aryl methyl sites for hydroxylation is 2.